The molecule has 0 N–H and O–H groups in total. The Morgan fingerprint density at radius 3 is 2.60 bits per heavy atom. The van der Waals surface area contributed by atoms with Crippen molar-refractivity contribution in [3.05, 3.63) is 53.5 Å². The number of aromatic nitrogens is 1. The smallest absolute Gasteiger partial charge is 0.261 e. The van der Waals surface area contributed by atoms with Crippen molar-refractivity contribution in [1.82, 2.24) is 15.0 Å². The van der Waals surface area contributed by atoms with Gasteiger partial charge in [-0.15, -0.1) is 0 Å². The molecule has 2 aliphatic heterocycles. The van der Waals surface area contributed by atoms with Crippen LogP contribution in [0.25, 0.3) is 0 Å². The molecule has 0 aromatic carbocycles. The van der Waals surface area contributed by atoms with Crippen molar-refractivity contribution >= 4 is 5.71 Å². The van der Waals surface area contributed by atoms with Gasteiger partial charge in [-0.25, -0.2) is 9.98 Å². The first kappa shape index (κ1) is 16.3. The van der Waals surface area contributed by atoms with Crippen molar-refractivity contribution in [3.8, 4) is 0 Å². The van der Waals surface area contributed by atoms with Crippen LogP contribution in [-0.2, 0) is 0 Å². The monoisotopic (exact) mass is 352 g/mol. The van der Waals surface area contributed by atoms with E-state index < -0.39 is 18.2 Å². The van der Waals surface area contributed by atoms with E-state index in [-0.39, 0.29) is 12.5 Å². The summed E-state index contributed by atoms with van der Waals surface area (Å²) in [5, 5.41) is 2.89. The number of hydrazine groups is 1. The first-order valence-electron chi connectivity index (χ1n) is 8.07. The van der Waals surface area contributed by atoms with Crippen LogP contribution >= 0.6 is 0 Å². The molecule has 25 heavy (non-hydrogen) atoms. The average Bonchev–Trinajstić information content (AvgIpc) is 3.26. The van der Waals surface area contributed by atoms with Crippen LogP contribution < -0.4 is 0 Å². The summed E-state index contributed by atoms with van der Waals surface area (Å²) in [6.45, 7) is 1.91. The van der Waals surface area contributed by atoms with E-state index in [0.29, 0.717) is 35.6 Å². The van der Waals surface area contributed by atoms with Crippen molar-refractivity contribution in [2.45, 2.75) is 32.0 Å². The zero-order chi connectivity index (χ0) is 17.8. The van der Waals surface area contributed by atoms with Gasteiger partial charge in [-0.2, -0.15) is 22.6 Å². The summed E-state index contributed by atoms with van der Waals surface area (Å²) in [6.07, 6.45) is 1.67. The highest BCUT2D eigenvalue weighted by molar-refractivity contribution is 6.09. The standard InChI is InChI=1S/C17H16F4N4/c1-10-8-13(12-4-5-14(18)22-9-12)23-15-6-7-24(25(10)15)16(11-2-3-11)17(19,20)21/h4-6,8-9,11,16H,2-3,7H2,1H3. The molecule has 8 heteroatoms. The lowest BCUT2D eigenvalue weighted by Crippen LogP contribution is -2.52. The van der Waals surface area contributed by atoms with E-state index in [2.05, 4.69) is 9.98 Å². The van der Waals surface area contributed by atoms with Gasteiger partial charge < -0.3 is 0 Å². The zero-order valence-electron chi connectivity index (χ0n) is 13.5. The second-order valence-electron chi connectivity index (χ2n) is 6.47. The molecule has 0 saturated heterocycles. The summed E-state index contributed by atoms with van der Waals surface area (Å²) in [7, 11) is 0. The maximum absolute atomic E-state index is 13.5. The fourth-order valence-corrected chi connectivity index (χ4v) is 3.37. The van der Waals surface area contributed by atoms with Gasteiger partial charge in [-0.3, -0.25) is 5.01 Å². The summed E-state index contributed by atoms with van der Waals surface area (Å²) >= 11 is 0. The Morgan fingerprint density at radius 1 is 1.24 bits per heavy atom. The first-order chi connectivity index (χ1) is 11.8. The summed E-state index contributed by atoms with van der Waals surface area (Å²) in [4.78, 5) is 8.05. The van der Waals surface area contributed by atoms with Crippen LogP contribution in [0.15, 0.2) is 47.0 Å². The maximum Gasteiger partial charge on any atom is 0.406 e. The number of hydrogen-bond acceptors (Lipinski definition) is 4. The number of rotatable bonds is 3. The highest BCUT2D eigenvalue weighted by Crippen LogP contribution is 2.46. The van der Waals surface area contributed by atoms with Gasteiger partial charge in [0.25, 0.3) is 0 Å². The number of fused-ring (bicyclic) bond motifs is 1. The average molecular weight is 352 g/mol. The zero-order valence-corrected chi connectivity index (χ0v) is 13.5. The second-order valence-corrected chi connectivity index (χ2v) is 6.47. The fraction of sp³-hybridized carbons (Fsp3) is 0.412. The molecule has 132 valence electrons. The Hall–Kier alpha value is -2.22. The topological polar surface area (TPSA) is 31.7 Å². The van der Waals surface area contributed by atoms with Crippen molar-refractivity contribution in [1.29, 1.82) is 0 Å². The molecular formula is C17H16F4N4. The lowest BCUT2D eigenvalue weighted by atomic mass is 10.1. The Morgan fingerprint density at radius 2 is 2.00 bits per heavy atom. The molecule has 1 saturated carbocycles. The van der Waals surface area contributed by atoms with Gasteiger partial charge in [-0.1, -0.05) is 0 Å². The Bertz CT molecular complexity index is 775. The molecule has 1 unspecified atom stereocenters. The lowest BCUT2D eigenvalue weighted by Gasteiger charge is -2.39. The number of pyridine rings is 1. The van der Waals surface area contributed by atoms with Crippen LogP contribution in [0, 0.1) is 11.9 Å². The molecule has 0 bridgehead atoms. The van der Waals surface area contributed by atoms with Crippen molar-refractivity contribution in [3.63, 3.8) is 0 Å². The number of aliphatic imine (C=N–C) groups is 1. The van der Waals surface area contributed by atoms with E-state index in [1.165, 1.54) is 22.3 Å². The number of allylic oxidation sites excluding steroid dienone is 2. The van der Waals surface area contributed by atoms with E-state index in [1.54, 1.807) is 25.1 Å². The van der Waals surface area contributed by atoms with Gasteiger partial charge >= 0.3 is 6.18 Å². The molecule has 1 aromatic rings. The number of halogens is 4. The summed E-state index contributed by atoms with van der Waals surface area (Å²) in [6, 6.07) is 1.29. The molecule has 0 amide bonds. The van der Waals surface area contributed by atoms with E-state index in [9.17, 15) is 17.6 Å². The number of alkyl halides is 3. The van der Waals surface area contributed by atoms with Gasteiger partial charge in [-0.05, 0) is 50.0 Å². The summed E-state index contributed by atoms with van der Waals surface area (Å²) in [5.41, 5.74) is 1.83. The molecule has 1 aromatic heterocycles. The predicted octanol–water partition coefficient (Wildman–Crippen LogP) is 3.64. The van der Waals surface area contributed by atoms with Crippen molar-refractivity contribution in [2.75, 3.05) is 6.54 Å². The molecular weight excluding hydrogens is 336 g/mol. The SMILES string of the molecule is CC1=CC(c2ccc(F)nc2)=NC2=CCN(C(C3CC3)C(F)(F)F)N12. The molecule has 1 atom stereocenters. The van der Waals surface area contributed by atoms with Crippen LogP contribution in [0.4, 0.5) is 17.6 Å². The van der Waals surface area contributed by atoms with E-state index in [0.717, 1.165) is 0 Å². The number of hydrogen-bond donors (Lipinski definition) is 0. The van der Waals surface area contributed by atoms with Gasteiger partial charge in [0.1, 0.15) is 11.9 Å². The highest BCUT2D eigenvalue weighted by atomic mass is 19.4. The van der Waals surface area contributed by atoms with Crippen LogP contribution in [0.1, 0.15) is 25.3 Å². The fourth-order valence-electron chi connectivity index (χ4n) is 3.37. The quantitative estimate of drug-likeness (QED) is 0.615. The van der Waals surface area contributed by atoms with Crippen LogP contribution in [-0.4, -0.2) is 39.5 Å². The minimum absolute atomic E-state index is 0.166. The molecule has 4 rings (SSSR count). The molecule has 1 aliphatic carbocycles. The predicted molar refractivity (Wildman–Crippen MR) is 83.7 cm³/mol. The van der Waals surface area contributed by atoms with Gasteiger partial charge in [0.05, 0.1) is 5.71 Å². The van der Waals surface area contributed by atoms with E-state index in [4.69, 9.17) is 0 Å². The summed E-state index contributed by atoms with van der Waals surface area (Å²) < 4.78 is 53.6. The maximum atomic E-state index is 13.5. The minimum Gasteiger partial charge on any atom is -0.261 e. The van der Waals surface area contributed by atoms with E-state index in [1.807, 2.05) is 0 Å². The molecule has 4 nitrogen and oxygen atoms in total. The van der Waals surface area contributed by atoms with Crippen LogP contribution in [0.2, 0.25) is 0 Å². The molecule has 3 heterocycles. The van der Waals surface area contributed by atoms with Crippen LogP contribution in [0.3, 0.4) is 0 Å². The van der Waals surface area contributed by atoms with Gasteiger partial charge in [0, 0.05) is 24.0 Å². The lowest BCUT2D eigenvalue weighted by molar-refractivity contribution is -0.212. The molecule has 0 spiro atoms. The van der Waals surface area contributed by atoms with E-state index >= 15 is 0 Å². The largest absolute Gasteiger partial charge is 0.406 e. The van der Waals surface area contributed by atoms with Gasteiger partial charge in [0.2, 0.25) is 5.95 Å². The third kappa shape index (κ3) is 2.95. The highest BCUT2D eigenvalue weighted by Gasteiger charge is 2.54. The third-order valence-electron chi connectivity index (χ3n) is 4.60. The summed E-state index contributed by atoms with van der Waals surface area (Å²) in [5.74, 6) is -0.479. The Kier molecular flexibility index (Phi) is 3.68. The third-order valence-corrected chi connectivity index (χ3v) is 4.60. The second kappa shape index (κ2) is 5.66. The molecule has 1 fully saturated rings. The normalized spacial score (nSPS) is 22.3. The van der Waals surface area contributed by atoms with Crippen molar-refractivity contribution in [2.24, 2.45) is 10.9 Å². The first-order valence-corrected chi connectivity index (χ1v) is 8.07. The number of nitrogens with zero attached hydrogens (tertiary/aromatic N) is 4. The van der Waals surface area contributed by atoms with Crippen LogP contribution in [0.5, 0.6) is 0 Å². The van der Waals surface area contributed by atoms with Gasteiger partial charge in [0.15, 0.2) is 0 Å². The molecule has 0 radical (unpaired) electrons. The Balaban J connectivity index is 1.64. The van der Waals surface area contributed by atoms with Crippen molar-refractivity contribution < 1.29 is 17.6 Å². The minimum atomic E-state index is -4.28. The molecule has 3 aliphatic rings. The Labute approximate surface area is 142 Å².